The lowest BCUT2D eigenvalue weighted by Gasteiger charge is -2.12. The Kier molecular flexibility index (Phi) is 5.74. The number of hydrazine groups is 1. The van der Waals surface area contributed by atoms with Crippen molar-refractivity contribution in [2.45, 2.75) is 0 Å². The minimum atomic E-state index is -0.278. The Morgan fingerprint density at radius 2 is 1.86 bits per heavy atom. The number of halogens is 1. The molecule has 0 spiro atoms. The maximum Gasteiger partial charge on any atom is 0.269 e. The molecule has 1 amide bonds. The van der Waals surface area contributed by atoms with Gasteiger partial charge in [0.15, 0.2) is 5.11 Å². The third-order valence-electron chi connectivity index (χ3n) is 2.72. The maximum atomic E-state index is 11.9. The van der Waals surface area contributed by atoms with Crippen LogP contribution in [0.3, 0.4) is 0 Å². The molecule has 0 aromatic heterocycles. The predicted octanol–water partition coefficient (Wildman–Crippen LogP) is 3.09. The lowest BCUT2D eigenvalue weighted by atomic mass is 10.2. The van der Waals surface area contributed by atoms with Gasteiger partial charge in [0, 0.05) is 15.7 Å². The van der Waals surface area contributed by atoms with Crippen LogP contribution in [0.15, 0.2) is 53.0 Å². The quantitative estimate of drug-likeness (QED) is 0.564. The lowest BCUT2D eigenvalue weighted by molar-refractivity contribution is 0.0944. The smallest absolute Gasteiger partial charge is 0.269 e. The van der Waals surface area contributed by atoms with E-state index in [-0.39, 0.29) is 11.0 Å². The summed E-state index contributed by atoms with van der Waals surface area (Å²) < 4.78 is 5.91. The molecule has 0 heterocycles. The number of hydrogen-bond donors (Lipinski definition) is 3. The third-order valence-corrected chi connectivity index (χ3v) is 3.42. The van der Waals surface area contributed by atoms with Crippen LogP contribution in [0.4, 0.5) is 5.69 Å². The molecule has 0 saturated heterocycles. The molecule has 0 saturated carbocycles. The van der Waals surface area contributed by atoms with Gasteiger partial charge in [-0.3, -0.25) is 15.6 Å². The van der Waals surface area contributed by atoms with Gasteiger partial charge in [0.2, 0.25) is 0 Å². The molecule has 3 N–H and O–H groups in total. The van der Waals surface area contributed by atoms with E-state index in [9.17, 15) is 4.79 Å². The zero-order valence-electron chi connectivity index (χ0n) is 11.7. The zero-order valence-corrected chi connectivity index (χ0v) is 14.1. The first-order valence-electron chi connectivity index (χ1n) is 6.35. The van der Waals surface area contributed by atoms with Crippen LogP contribution >= 0.6 is 28.1 Å². The molecule has 2 aromatic rings. The molecule has 0 aliphatic carbocycles. The van der Waals surface area contributed by atoms with Crippen LogP contribution < -0.4 is 20.9 Å². The van der Waals surface area contributed by atoms with Crippen molar-refractivity contribution in [2.24, 2.45) is 0 Å². The van der Waals surface area contributed by atoms with Gasteiger partial charge in [-0.05, 0) is 54.7 Å². The minimum absolute atomic E-state index is 0.278. The van der Waals surface area contributed by atoms with Gasteiger partial charge in [-0.25, -0.2) is 0 Å². The van der Waals surface area contributed by atoms with Crippen molar-refractivity contribution in [1.29, 1.82) is 0 Å². The summed E-state index contributed by atoms with van der Waals surface area (Å²) in [5.41, 5.74) is 6.49. The summed E-state index contributed by atoms with van der Waals surface area (Å²) >= 11 is 8.43. The number of benzene rings is 2. The van der Waals surface area contributed by atoms with Crippen LogP contribution in [-0.4, -0.2) is 18.1 Å². The Morgan fingerprint density at radius 1 is 1.14 bits per heavy atom. The Bertz CT molecular complexity index is 677. The molecule has 0 aliphatic rings. The largest absolute Gasteiger partial charge is 0.497 e. The highest BCUT2D eigenvalue weighted by molar-refractivity contribution is 9.10. The van der Waals surface area contributed by atoms with Crippen molar-refractivity contribution in [3.63, 3.8) is 0 Å². The fourth-order valence-electron chi connectivity index (χ4n) is 1.65. The van der Waals surface area contributed by atoms with E-state index in [4.69, 9.17) is 17.0 Å². The number of thiocarbonyl (C=S) groups is 1. The first-order chi connectivity index (χ1) is 10.6. The average molecular weight is 380 g/mol. The number of carbonyl (C=O) groups excluding carboxylic acids is 1. The highest BCUT2D eigenvalue weighted by Crippen LogP contribution is 2.14. The Balaban J connectivity index is 1.85. The molecule has 0 aliphatic heterocycles. The summed E-state index contributed by atoms with van der Waals surface area (Å²) in [6, 6.07) is 14.3. The van der Waals surface area contributed by atoms with Gasteiger partial charge in [-0.15, -0.1) is 0 Å². The fraction of sp³-hybridized carbons (Fsp3) is 0.0667. The second-order valence-electron chi connectivity index (χ2n) is 4.27. The van der Waals surface area contributed by atoms with Gasteiger partial charge in [-0.2, -0.15) is 0 Å². The van der Waals surface area contributed by atoms with Crippen LogP contribution in [0.25, 0.3) is 0 Å². The Hall–Kier alpha value is -2.12. The first-order valence-corrected chi connectivity index (χ1v) is 7.55. The number of rotatable bonds is 3. The maximum absolute atomic E-state index is 11.9. The summed E-state index contributed by atoms with van der Waals surface area (Å²) in [4.78, 5) is 11.9. The summed E-state index contributed by atoms with van der Waals surface area (Å²) in [7, 11) is 1.60. The van der Waals surface area contributed by atoms with Crippen molar-refractivity contribution in [3.05, 3.63) is 58.6 Å². The van der Waals surface area contributed by atoms with E-state index in [0.717, 1.165) is 15.9 Å². The lowest BCUT2D eigenvalue weighted by Crippen LogP contribution is -2.43. The number of ether oxygens (including phenoxy) is 1. The fourth-order valence-corrected chi connectivity index (χ4v) is 2.22. The normalized spacial score (nSPS) is 9.73. The van der Waals surface area contributed by atoms with Gasteiger partial charge in [0.05, 0.1) is 7.11 Å². The molecule has 2 rings (SSSR count). The van der Waals surface area contributed by atoms with Crippen LogP contribution in [0, 0.1) is 0 Å². The Labute approximate surface area is 142 Å². The van der Waals surface area contributed by atoms with Crippen LogP contribution in [0.1, 0.15) is 10.4 Å². The number of amides is 1. The van der Waals surface area contributed by atoms with Crippen LogP contribution in [0.2, 0.25) is 0 Å². The highest BCUT2D eigenvalue weighted by atomic mass is 79.9. The number of nitrogens with one attached hydrogen (secondary N) is 3. The zero-order chi connectivity index (χ0) is 15.9. The highest BCUT2D eigenvalue weighted by Gasteiger charge is 2.06. The average Bonchev–Trinajstić information content (AvgIpc) is 2.53. The number of anilines is 1. The van der Waals surface area contributed by atoms with E-state index >= 15 is 0 Å². The topological polar surface area (TPSA) is 62.4 Å². The standard InChI is InChI=1S/C15H14BrN3O2S/c1-21-13-7-5-12(6-8-13)17-15(22)19-18-14(20)10-3-2-4-11(16)9-10/h2-9H,1H3,(H,18,20)(H2,17,19,22). The van der Waals surface area contributed by atoms with Gasteiger partial charge < -0.3 is 10.1 Å². The Morgan fingerprint density at radius 3 is 2.50 bits per heavy atom. The molecule has 0 radical (unpaired) electrons. The van der Waals surface area contributed by atoms with Gasteiger partial charge in [0.1, 0.15) is 5.75 Å². The van der Waals surface area contributed by atoms with E-state index < -0.39 is 0 Å². The SMILES string of the molecule is COc1ccc(NC(=S)NNC(=O)c2cccc(Br)c2)cc1. The molecule has 22 heavy (non-hydrogen) atoms. The molecule has 2 aromatic carbocycles. The van der Waals surface area contributed by atoms with E-state index in [1.807, 2.05) is 30.3 Å². The first kappa shape index (κ1) is 16.3. The van der Waals surface area contributed by atoms with Gasteiger partial charge in [-0.1, -0.05) is 22.0 Å². The number of hydrogen-bond acceptors (Lipinski definition) is 3. The van der Waals surface area contributed by atoms with Gasteiger partial charge >= 0.3 is 0 Å². The molecule has 114 valence electrons. The van der Waals surface area contributed by atoms with Crippen LogP contribution in [-0.2, 0) is 0 Å². The van der Waals surface area contributed by atoms with Crippen molar-refractivity contribution in [2.75, 3.05) is 12.4 Å². The summed E-state index contributed by atoms with van der Waals surface area (Å²) in [5.74, 6) is 0.479. The second-order valence-corrected chi connectivity index (χ2v) is 5.60. The monoisotopic (exact) mass is 379 g/mol. The summed E-state index contributed by atoms with van der Waals surface area (Å²) in [6.45, 7) is 0. The van der Waals surface area contributed by atoms with Crippen molar-refractivity contribution in [3.8, 4) is 5.75 Å². The van der Waals surface area contributed by atoms with E-state index in [2.05, 4.69) is 32.1 Å². The van der Waals surface area contributed by atoms with Crippen LogP contribution in [0.5, 0.6) is 5.75 Å². The molecular formula is C15H14BrN3O2S. The number of methoxy groups -OCH3 is 1. The van der Waals surface area contributed by atoms with Crippen molar-refractivity contribution in [1.82, 2.24) is 10.9 Å². The molecule has 0 atom stereocenters. The molecule has 0 fully saturated rings. The van der Waals surface area contributed by atoms with Crippen molar-refractivity contribution < 1.29 is 9.53 Å². The van der Waals surface area contributed by atoms with Crippen molar-refractivity contribution >= 4 is 44.9 Å². The van der Waals surface area contributed by atoms with E-state index in [1.165, 1.54) is 0 Å². The van der Waals surface area contributed by atoms with E-state index in [1.54, 1.807) is 25.3 Å². The predicted molar refractivity (Wildman–Crippen MR) is 94.0 cm³/mol. The second kappa shape index (κ2) is 7.77. The third kappa shape index (κ3) is 4.71. The van der Waals surface area contributed by atoms with Gasteiger partial charge in [0.25, 0.3) is 5.91 Å². The summed E-state index contributed by atoms with van der Waals surface area (Å²) in [6.07, 6.45) is 0. The number of carbonyl (C=O) groups is 1. The molecule has 0 unspecified atom stereocenters. The summed E-state index contributed by atoms with van der Waals surface area (Å²) in [5, 5.41) is 3.24. The minimum Gasteiger partial charge on any atom is -0.497 e. The molecule has 7 heteroatoms. The van der Waals surface area contributed by atoms with E-state index in [0.29, 0.717) is 5.56 Å². The molecule has 5 nitrogen and oxygen atoms in total. The molecule has 0 bridgehead atoms. The molecular weight excluding hydrogens is 366 g/mol.